The first kappa shape index (κ1) is 13.7. The van der Waals surface area contributed by atoms with Gasteiger partial charge in [0.1, 0.15) is 22.6 Å². The first-order valence-electron chi connectivity index (χ1n) is 5.72. The lowest BCUT2D eigenvalue weighted by Gasteiger charge is -2.12. The summed E-state index contributed by atoms with van der Waals surface area (Å²) in [5, 5.41) is 0.0760. The fraction of sp³-hybridized carbons (Fsp3) is 0.231. The Morgan fingerprint density at radius 2 is 1.95 bits per heavy atom. The van der Waals surface area contributed by atoms with Gasteiger partial charge in [0.05, 0.1) is 6.54 Å². The molecule has 0 N–H and O–H groups in total. The Kier molecular flexibility index (Phi) is 3.95. The van der Waals surface area contributed by atoms with Gasteiger partial charge in [-0.15, -0.1) is 0 Å². The van der Waals surface area contributed by atoms with Gasteiger partial charge in [-0.3, -0.25) is 9.36 Å². The second-order valence-corrected chi connectivity index (χ2v) is 4.36. The Morgan fingerprint density at radius 1 is 1.32 bits per heavy atom. The third kappa shape index (κ3) is 2.81. The van der Waals surface area contributed by atoms with Crippen molar-refractivity contribution in [3.8, 4) is 0 Å². The number of rotatable bonds is 3. The van der Waals surface area contributed by atoms with Crippen LogP contribution in [0.2, 0.25) is 5.15 Å². The lowest BCUT2D eigenvalue weighted by molar-refractivity contribution is 0.534. The predicted octanol–water partition coefficient (Wildman–Crippen LogP) is 2.79. The molecule has 0 bridgehead atoms. The van der Waals surface area contributed by atoms with E-state index in [1.54, 1.807) is 6.92 Å². The molecule has 0 aliphatic carbocycles. The molecule has 0 radical (unpaired) electrons. The van der Waals surface area contributed by atoms with Crippen molar-refractivity contribution in [2.75, 3.05) is 0 Å². The second kappa shape index (κ2) is 5.48. The van der Waals surface area contributed by atoms with Crippen LogP contribution >= 0.6 is 11.6 Å². The first-order valence-corrected chi connectivity index (χ1v) is 6.10. The van der Waals surface area contributed by atoms with Crippen LogP contribution in [0.3, 0.4) is 0 Å². The fourth-order valence-electron chi connectivity index (χ4n) is 1.80. The second-order valence-electron chi connectivity index (χ2n) is 3.97. The molecule has 1 aromatic carbocycles. The summed E-state index contributed by atoms with van der Waals surface area (Å²) in [6.45, 7) is 1.58. The number of aryl methyl sites for hydroxylation is 1. The standard InChI is InChI=1S/C13H11ClF2N2O/c1-2-12-17-11(14)6-13(19)18(12)7-8-9(15)4-3-5-10(8)16/h3-6H,2,7H2,1H3. The van der Waals surface area contributed by atoms with Crippen molar-refractivity contribution in [3.63, 3.8) is 0 Å². The van der Waals surface area contributed by atoms with Gasteiger partial charge in [0.15, 0.2) is 0 Å². The van der Waals surface area contributed by atoms with E-state index >= 15 is 0 Å². The SMILES string of the molecule is CCc1nc(Cl)cc(=O)n1Cc1c(F)cccc1F. The molecule has 1 heterocycles. The number of hydrogen-bond acceptors (Lipinski definition) is 2. The van der Waals surface area contributed by atoms with Gasteiger partial charge in [0.2, 0.25) is 0 Å². The van der Waals surface area contributed by atoms with E-state index in [0.717, 1.165) is 18.2 Å². The Balaban J connectivity index is 2.52. The molecule has 0 saturated carbocycles. The molecule has 2 aromatic rings. The highest BCUT2D eigenvalue weighted by Crippen LogP contribution is 2.14. The van der Waals surface area contributed by atoms with E-state index in [1.165, 1.54) is 10.6 Å². The normalized spacial score (nSPS) is 10.7. The van der Waals surface area contributed by atoms with Gasteiger partial charge in [0.25, 0.3) is 5.56 Å². The van der Waals surface area contributed by atoms with Gasteiger partial charge in [-0.05, 0) is 12.1 Å². The highest BCUT2D eigenvalue weighted by atomic mass is 35.5. The Morgan fingerprint density at radius 3 is 2.53 bits per heavy atom. The van der Waals surface area contributed by atoms with Crippen LogP contribution in [-0.2, 0) is 13.0 Å². The van der Waals surface area contributed by atoms with Crippen LogP contribution in [0.4, 0.5) is 8.78 Å². The van der Waals surface area contributed by atoms with E-state index in [4.69, 9.17) is 11.6 Å². The maximum absolute atomic E-state index is 13.6. The average molecular weight is 285 g/mol. The molecule has 19 heavy (non-hydrogen) atoms. The topological polar surface area (TPSA) is 34.9 Å². The number of halogens is 3. The fourth-order valence-corrected chi connectivity index (χ4v) is 1.99. The van der Waals surface area contributed by atoms with Gasteiger partial charge >= 0.3 is 0 Å². The van der Waals surface area contributed by atoms with E-state index in [1.807, 2.05) is 0 Å². The van der Waals surface area contributed by atoms with Crippen LogP contribution in [0, 0.1) is 11.6 Å². The third-order valence-electron chi connectivity index (χ3n) is 2.75. The lowest BCUT2D eigenvalue weighted by Crippen LogP contribution is -2.25. The quantitative estimate of drug-likeness (QED) is 0.813. The molecule has 0 aliphatic rings. The monoisotopic (exact) mass is 284 g/mol. The van der Waals surface area contributed by atoms with Crippen molar-refractivity contribution in [2.24, 2.45) is 0 Å². The minimum absolute atomic E-state index is 0.0760. The molecule has 6 heteroatoms. The Bertz CT molecular complexity index is 650. The summed E-state index contributed by atoms with van der Waals surface area (Å²) in [4.78, 5) is 15.8. The third-order valence-corrected chi connectivity index (χ3v) is 2.94. The summed E-state index contributed by atoms with van der Waals surface area (Å²) in [5.41, 5.74) is -0.595. The lowest BCUT2D eigenvalue weighted by atomic mass is 10.2. The molecule has 1 aromatic heterocycles. The van der Waals surface area contributed by atoms with Crippen LogP contribution in [0.25, 0.3) is 0 Å². The molecule has 100 valence electrons. The van der Waals surface area contributed by atoms with Crippen molar-refractivity contribution >= 4 is 11.6 Å². The van der Waals surface area contributed by atoms with Gasteiger partial charge in [0, 0.05) is 18.1 Å². The van der Waals surface area contributed by atoms with E-state index in [9.17, 15) is 13.6 Å². The van der Waals surface area contributed by atoms with Gasteiger partial charge in [-0.2, -0.15) is 0 Å². The summed E-state index contributed by atoms with van der Waals surface area (Å²) in [7, 11) is 0. The number of nitrogens with zero attached hydrogens (tertiary/aromatic N) is 2. The molecule has 0 aliphatic heterocycles. The van der Waals surface area contributed by atoms with Gasteiger partial charge in [-0.25, -0.2) is 13.8 Å². The van der Waals surface area contributed by atoms with E-state index in [-0.39, 0.29) is 17.3 Å². The van der Waals surface area contributed by atoms with Gasteiger partial charge < -0.3 is 0 Å². The van der Waals surface area contributed by atoms with Crippen LogP contribution in [0.1, 0.15) is 18.3 Å². The Labute approximate surface area is 113 Å². The summed E-state index contributed by atoms with van der Waals surface area (Å²) in [6, 6.07) is 4.70. The van der Waals surface area contributed by atoms with E-state index in [2.05, 4.69) is 4.98 Å². The van der Waals surface area contributed by atoms with E-state index < -0.39 is 17.2 Å². The maximum atomic E-state index is 13.6. The van der Waals surface area contributed by atoms with Crippen molar-refractivity contribution in [1.29, 1.82) is 0 Å². The minimum atomic E-state index is -0.691. The number of hydrogen-bond donors (Lipinski definition) is 0. The maximum Gasteiger partial charge on any atom is 0.255 e. The summed E-state index contributed by atoms with van der Waals surface area (Å²) in [6.07, 6.45) is 0.436. The van der Waals surface area contributed by atoms with Crippen LogP contribution in [-0.4, -0.2) is 9.55 Å². The van der Waals surface area contributed by atoms with Crippen LogP contribution in [0.5, 0.6) is 0 Å². The van der Waals surface area contributed by atoms with Crippen LogP contribution in [0.15, 0.2) is 29.1 Å². The zero-order valence-electron chi connectivity index (χ0n) is 10.2. The molecule has 2 rings (SSSR count). The predicted molar refractivity (Wildman–Crippen MR) is 68.3 cm³/mol. The molecule has 3 nitrogen and oxygen atoms in total. The van der Waals surface area contributed by atoms with Crippen molar-refractivity contribution in [3.05, 3.63) is 62.8 Å². The van der Waals surface area contributed by atoms with Crippen molar-refractivity contribution in [2.45, 2.75) is 19.9 Å². The van der Waals surface area contributed by atoms with Gasteiger partial charge in [-0.1, -0.05) is 24.6 Å². The molecule has 0 fully saturated rings. The highest BCUT2D eigenvalue weighted by Gasteiger charge is 2.13. The molecule has 0 amide bonds. The minimum Gasteiger partial charge on any atom is -0.292 e. The smallest absolute Gasteiger partial charge is 0.255 e. The molecule has 0 saturated heterocycles. The van der Waals surface area contributed by atoms with Crippen LogP contribution < -0.4 is 5.56 Å². The summed E-state index contributed by atoms with van der Waals surface area (Å²) in [5.74, 6) is -0.993. The molecule has 0 spiro atoms. The average Bonchev–Trinajstić information content (AvgIpc) is 2.35. The first-order chi connectivity index (χ1) is 9.02. The molecule has 0 atom stereocenters. The van der Waals surface area contributed by atoms with Crippen molar-refractivity contribution in [1.82, 2.24) is 9.55 Å². The zero-order chi connectivity index (χ0) is 14.0. The molecule has 0 unspecified atom stereocenters. The summed E-state index contributed by atoms with van der Waals surface area (Å²) >= 11 is 5.69. The number of aromatic nitrogens is 2. The highest BCUT2D eigenvalue weighted by molar-refractivity contribution is 6.29. The summed E-state index contributed by atoms with van der Waals surface area (Å²) < 4.78 is 28.4. The molecular formula is C13H11ClF2N2O. The number of benzene rings is 1. The largest absolute Gasteiger partial charge is 0.292 e. The van der Waals surface area contributed by atoms with E-state index in [0.29, 0.717) is 12.2 Å². The zero-order valence-corrected chi connectivity index (χ0v) is 10.9. The molecular weight excluding hydrogens is 274 g/mol. The Hall–Kier alpha value is -1.75. The van der Waals surface area contributed by atoms with Crippen molar-refractivity contribution < 1.29 is 8.78 Å².